The fraction of sp³-hybridized carbons (Fsp3) is 0.500. The summed E-state index contributed by atoms with van der Waals surface area (Å²) in [5.74, 6) is 0. The highest BCUT2D eigenvalue weighted by Gasteiger charge is 2.13. The first-order valence-corrected chi connectivity index (χ1v) is 7.24. The Morgan fingerprint density at radius 1 is 1.35 bits per heavy atom. The Bertz CT molecular complexity index is 440. The Labute approximate surface area is 128 Å². The van der Waals surface area contributed by atoms with Gasteiger partial charge in [-0.05, 0) is 18.6 Å². The number of urea groups is 1. The van der Waals surface area contributed by atoms with Crippen LogP contribution in [0.2, 0.25) is 0 Å². The normalized spacial score (nSPS) is 12.0. The van der Waals surface area contributed by atoms with E-state index in [1.165, 1.54) is 0 Å². The second kappa shape index (κ2) is 8.94. The van der Waals surface area contributed by atoms with E-state index >= 15 is 0 Å². The quantitative estimate of drug-likeness (QED) is 0.798. The molecule has 1 aromatic rings. The molecule has 1 rings (SSSR count). The van der Waals surface area contributed by atoms with Crippen molar-refractivity contribution in [1.82, 2.24) is 5.32 Å². The summed E-state index contributed by atoms with van der Waals surface area (Å²) in [6, 6.07) is 5.38. The van der Waals surface area contributed by atoms with E-state index in [1.807, 2.05) is 25.1 Å². The molecule has 6 heteroatoms. The van der Waals surface area contributed by atoms with Crippen molar-refractivity contribution in [1.29, 1.82) is 0 Å². The predicted molar refractivity (Wildman–Crippen MR) is 83.0 cm³/mol. The topological polar surface area (TPSA) is 59.6 Å². The van der Waals surface area contributed by atoms with Crippen LogP contribution < -0.4 is 10.6 Å². The molecule has 0 aromatic heterocycles. The molecule has 0 bridgehead atoms. The van der Waals surface area contributed by atoms with Crippen molar-refractivity contribution in [3.63, 3.8) is 0 Å². The van der Waals surface area contributed by atoms with Crippen LogP contribution in [-0.4, -0.2) is 32.9 Å². The van der Waals surface area contributed by atoms with Crippen molar-refractivity contribution < 1.29 is 14.3 Å². The largest absolute Gasteiger partial charge is 0.383 e. The minimum Gasteiger partial charge on any atom is -0.383 e. The molecular formula is C14H21BrN2O3. The SMILES string of the molecule is CCC(COC)NC(=O)Nc1cccc(Br)c1COC. The number of hydrogen-bond donors (Lipinski definition) is 2. The minimum absolute atomic E-state index is 0.00183. The first-order valence-electron chi connectivity index (χ1n) is 6.45. The van der Waals surface area contributed by atoms with Crippen LogP contribution in [0.3, 0.4) is 0 Å². The Kier molecular flexibility index (Phi) is 7.58. The Morgan fingerprint density at radius 2 is 2.10 bits per heavy atom. The highest BCUT2D eigenvalue weighted by molar-refractivity contribution is 9.10. The fourth-order valence-corrected chi connectivity index (χ4v) is 2.25. The molecule has 1 atom stereocenters. The van der Waals surface area contributed by atoms with Gasteiger partial charge in [0.05, 0.1) is 19.3 Å². The second-order valence-electron chi connectivity index (χ2n) is 4.36. The maximum absolute atomic E-state index is 12.0. The van der Waals surface area contributed by atoms with Crippen molar-refractivity contribution in [3.8, 4) is 0 Å². The van der Waals surface area contributed by atoms with Crippen molar-refractivity contribution in [2.24, 2.45) is 0 Å². The van der Waals surface area contributed by atoms with E-state index in [2.05, 4.69) is 26.6 Å². The van der Waals surface area contributed by atoms with Crippen molar-refractivity contribution in [2.45, 2.75) is 26.0 Å². The molecule has 5 nitrogen and oxygen atoms in total. The summed E-state index contributed by atoms with van der Waals surface area (Å²) >= 11 is 3.46. The van der Waals surface area contributed by atoms with Gasteiger partial charge < -0.3 is 20.1 Å². The smallest absolute Gasteiger partial charge is 0.319 e. The number of nitrogens with one attached hydrogen (secondary N) is 2. The van der Waals surface area contributed by atoms with Crippen molar-refractivity contribution in [2.75, 3.05) is 26.1 Å². The zero-order valence-corrected chi connectivity index (χ0v) is 13.6. The van der Waals surface area contributed by atoms with Crippen molar-refractivity contribution in [3.05, 3.63) is 28.2 Å². The summed E-state index contributed by atoms with van der Waals surface area (Å²) in [5, 5.41) is 5.72. The molecule has 0 spiro atoms. The first kappa shape index (κ1) is 16.9. The third-order valence-electron chi connectivity index (χ3n) is 2.85. The van der Waals surface area contributed by atoms with Gasteiger partial charge in [-0.25, -0.2) is 4.79 Å². The molecular weight excluding hydrogens is 324 g/mol. The lowest BCUT2D eigenvalue weighted by atomic mass is 10.2. The standard InChI is InChI=1S/C14H21BrN2O3/c1-4-10(8-19-2)16-14(18)17-13-7-5-6-12(15)11(13)9-20-3/h5-7,10H,4,8-9H2,1-3H3,(H2,16,17,18). The molecule has 0 aliphatic carbocycles. The number of methoxy groups -OCH3 is 2. The summed E-state index contributed by atoms with van der Waals surface area (Å²) < 4.78 is 11.1. The van der Waals surface area contributed by atoms with Crippen LogP contribution >= 0.6 is 15.9 Å². The maximum Gasteiger partial charge on any atom is 0.319 e. The molecule has 0 heterocycles. The van der Waals surface area contributed by atoms with Gasteiger partial charge in [0.25, 0.3) is 0 Å². The molecule has 20 heavy (non-hydrogen) atoms. The van der Waals surface area contributed by atoms with E-state index < -0.39 is 0 Å². The average molecular weight is 345 g/mol. The third-order valence-corrected chi connectivity index (χ3v) is 3.59. The van der Waals surface area contributed by atoms with Gasteiger partial charge in [-0.15, -0.1) is 0 Å². The van der Waals surface area contributed by atoms with Gasteiger partial charge in [0, 0.05) is 29.9 Å². The zero-order valence-electron chi connectivity index (χ0n) is 12.0. The molecule has 112 valence electrons. The number of carbonyl (C=O) groups excluding carboxylic acids is 1. The Morgan fingerprint density at radius 3 is 2.70 bits per heavy atom. The lowest BCUT2D eigenvalue weighted by Gasteiger charge is -2.18. The number of ether oxygens (including phenoxy) is 2. The molecule has 0 aliphatic rings. The van der Waals surface area contributed by atoms with Crippen LogP contribution in [0.5, 0.6) is 0 Å². The van der Waals surface area contributed by atoms with Crippen LogP contribution in [-0.2, 0) is 16.1 Å². The van der Waals surface area contributed by atoms with Gasteiger partial charge in [0.15, 0.2) is 0 Å². The van der Waals surface area contributed by atoms with Crippen LogP contribution in [0.25, 0.3) is 0 Å². The summed E-state index contributed by atoms with van der Waals surface area (Å²) in [6.45, 7) is 2.92. The van der Waals surface area contributed by atoms with Gasteiger partial charge >= 0.3 is 6.03 Å². The predicted octanol–water partition coefficient (Wildman–Crippen LogP) is 3.14. The second-order valence-corrected chi connectivity index (χ2v) is 5.21. The molecule has 0 saturated heterocycles. The zero-order chi connectivity index (χ0) is 15.0. The number of rotatable bonds is 7. The maximum atomic E-state index is 12.0. The average Bonchev–Trinajstić information content (AvgIpc) is 2.42. The molecule has 1 unspecified atom stereocenters. The van der Waals surface area contributed by atoms with E-state index in [9.17, 15) is 4.79 Å². The van der Waals surface area contributed by atoms with E-state index in [4.69, 9.17) is 9.47 Å². The number of halogens is 1. The number of amides is 2. The van der Waals surface area contributed by atoms with Crippen LogP contribution in [0.1, 0.15) is 18.9 Å². The number of hydrogen-bond acceptors (Lipinski definition) is 3. The summed E-state index contributed by atoms with van der Waals surface area (Å²) in [6.07, 6.45) is 0.810. The van der Waals surface area contributed by atoms with E-state index in [1.54, 1.807) is 14.2 Å². The highest BCUT2D eigenvalue weighted by atomic mass is 79.9. The third kappa shape index (κ3) is 5.11. The molecule has 2 amide bonds. The van der Waals surface area contributed by atoms with Gasteiger partial charge in [-0.3, -0.25) is 0 Å². The summed E-state index contributed by atoms with van der Waals surface area (Å²) in [7, 11) is 3.24. The van der Waals surface area contributed by atoms with E-state index in [0.717, 1.165) is 22.1 Å². The van der Waals surface area contributed by atoms with Gasteiger partial charge in [-0.2, -0.15) is 0 Å². The molecule has 0 fully saturated rings. The molecule has 0 radical (unpaired) electrons. The highest BCUT2D eigenvalue weighted by Crippen LogP contribution is 2.25. The number of benzene rings is 1. The summed E-state index contributed by atoms with van der Waals surface area (Å²) in [5.41, 5.74) is 1.64. The minimum atomic E-state index is -0.246. The fourth-order valence-electron chi connectivity index (χ4n) is 1.77. The molecule has 2 N–H and O–H groups in total. The van der Waals surface area contributed by atoms with Crippen molar-refractivity contribution >= 4 is 27.6 Å². The van der Waals surface area contributed by atoms with Crippen LogP contribution in [0.4, 0.5) is 10.5 Å². The van der Waals surface area contributed by atoms with Gasteiger partial charge in [-0.1, -0.05) is 28.9 Å². The van der Waals surface area contributed by atoms with Crippen LogP contribution in [0, 0.1) is 0 Å². The summed E-state index contributed by atoms with van der Waals surface area (Å²) in [4.78, 5) is 12.0. The molecule has 0 saturated carbocycles. The lowest BCUT2D eigenvalue weighted by Crippen LogP contribution is -2.40. The van der Waals surface area contributed by atoms with Crippen LogP contribution in [0.15, 0.2) is 22.7 Å². The molecule has 0 aliphatic heterocycles. The Balaban J connectivity index is 2.72. The van der Waals surface area contributed by atoms with E-state index in [0.29, 0.717) is 13.2 Å². The molecule has 1 aromatic carbocycles. The van der Waals surface area contributed by atoms with E-state index in [-0.39, 0.29) is 12.1 Å². The number of carbonyl (C=O) groups is 1. The Hall–Kier alpha value is -1.11. The van der Waals surface area contributed by atoms with Gasteiger partial charge in [0.2, 0.25) is 0 Å². The monoisotopic (exact) mass is 344 g/mol. The lowest BCUT2D eigenvalue weighted by molar-refractivity contribution is 0.165. The number of anilines is 1. The first-order chi connectivity index (χ1) is 9.62. The van der Waals surface area contributed by atoms with Gasteiger partial charge in [0.1, 0.15) is 0 Å².